The molecule has 256 valence electrons. The molecule has 0 aliphatic carbocycles. The number of amidine groups is 1. The van der Waals surface area contributed by atoms with E-state index < -0.39 is 59.2 Å². The van der Waals surface area contributed by atoms with Gasteiger partial charge in [-0.25, -0.2) is 14.4 Å². The Morgan fingerprint density at radius 2 is 1.40 bits per heavy atom. The molecule has 13 nitrogen and oxygen atoms in total. The Morgan fingerprint density at radius 1 is 0.830 bits per heavy atom. The molecule has 0 fully saturated rings. The molecule has 0 radical (unpaired) electrons. The summed E-state index contributed by atoms with van der Waals surface area (Å²) in [5.74, 6) is -4.06. The van der Waals surface area contributed by atoms with E-state index in [1.54, 1.807) is 62.3 Å². The summed E-state index contributed by atoms with van der Waals surface area (Å²) in [6.07, 6.45) is -1.43. The number of carboxylic acid groups (broad SMARTS) is 1. The predicted octanol–water partition coefficient (Wildman–Crippen LogP) is 4.69. The first-order valence-electron chi connectivity index (χ1n) is 15.0. The summed E-state index contributed by atoms with van der Waals surface area (Å²) in [4.78, 5) is 67.4. The van der Waals surface area contributed by atoms with Crippen molar-refractivity contribution >= 4 is 35.7 Å². The van der Waals surface area contributed by atoms with Crippen LogP contribution in [0.2, 0.25) is 0 Å². The van der Waals surface area contributed by atoms with Crippen LogP contribution in [0.1, 0.15) is 106 Å². The number of nitrogens with one attached hydrogen (secondary N) is 1. The third-order valence-electron chi connectivity index (χ3n) is 6.06. The second kappa shape index (κ2) is 15.1. The van der Waals surface area contributed by atoms with Crippen LogP contribution in [0.15, 0.2) is 41.4 Å². The molecule has 2 amide bonds. The average Bonchev–Trinajstić information content (AvgIpc) is 2.88. The van der Waals surface area contributed by atoms with Gasteiger partial charge in [0, 0.05) is 11.1 Å². The van der Waals surface area contributed by atoms with Crippen molar-refractivity contribution in [2.75, 3.05) is 0 Å². The Morgan fingerprint density at radius 3 is 1.96 bits per heavy atom. The van der Waals surface area contributed by atoms with Crippen LogP contribution in [-0.2, 0) is 36.6 Å². The van der Waals surface area contributed by atoms with Crippen LogP contribution in [0.5, 0.6) is 5.75 Å². The number of aromatic carboxylic acids is 1. The minimum atomic E-state index is -1.44. The summed E-state index contributed by atoms with van der Waals surface area (Å²) in [6, 6.07) is 6.94. The Balaban J connectivity index is 2.43. The minimum absolute atomic E-state index is 0.0391. The van der Waals surface area contributed by atoms with E-state index in [-0.39, 0.29) is 41.1 Å². The number of aryl methyl sites for hydroxylation is 1. The van der Waals surface area contributed by atoms with Crippen molar-refractivity contribution in [2.45, 2.75) is 104 Å². The van der Waals surface area contributed by atoms with Gasteiger partial charge in [0.05, 0.1) is 12.0 Å². The van der Waals surface area contributed by atoms with Crippen molar-refractivity contribution in [2.24, 2.45) is 10.7 Å². The van der Waals surface area contributed by atoms with Gasteiger partial charge in [0.25, 0.3) is 5.91 Å². The standard InChI is InChI=1S/C34H45N3O10/c1-32(2,3)45-26(39)18-24(30(43)46-33(4,5)6)36-28(40)22-11-10-12-23(29(41)42)21(22)15-13-19-17-20(14-16-25(19)38)27(35)37-31(44)47-34(7,8)9/h10-12,14,16-17,24,38H,13,15,18H2,1-9H3,(H,36,40)(H,41,42)(H2,35,37,44). The highest BCUT2D eigenvalue weighted by molar-refractivity contribution is 6.03. The third-order valence-corrected chi connectivity index (χ3v) is 6.06. The van der Waals surface area contributed by atoms with Gasteiger partial charge in [-0.15, -0.1) is 0 Å². The molecule has 2 rings (SSSR count). The molecular weight excluding hydrogens is 610 g/mol. The molecule has 1 atom stereocenters. The largest absolute Gasteiger partial charge is 0.508 e. The lowest BCUT2D eigenvalue weighted by molar-refractivity contribution is -0.164. The lowest BCUT2D eigenvalue weighted by Gasteiger charge is -2.26. The van der Waals surface area contributed by atoms with E-state index in [1.807, 2.05) is 0 Å². The Labute approximate surface area is 274 Å². The van der Waals surface area contributed by atoms with Crippen molar-refractivity contribution in [3.05, 3.63) is 64.2 Å². The van der Waals surface area contributed by atoms with Gasteiger partial charge in [0.1, 0.15) is 34.4 Å². The molecule has 2 aromatic rings. The number of aliphatic imine (C=N–C) groups is 1. The van der Waals surface area contributed by atoms with Crippen LogP contribution in [0.4, 0.5) is 4.79 Å². The van der Waals surface area contributed by atoms with Crippen LogP contribution in [0.25, 0.3) is 0 Å². The lowest BCUT2D eigenvalue weighted by atomic mass is 9.93. The van der Waals surface area contributed by atoms with Gasteiger partial charge in [-0.3, -0.25) is 9.59 Å². The van der Waals surface area contributed by atoms with Crippen molar-refractivity contribution < 1.29 is 48.4 Å². The number of aromatic hydroxyl groups is 1. The zero-order valence-corrected chi connectivity index (χ0v) is 28.3. The molecule has 0 aromatic heterocycles. The van der Waals surface area contributed by atoms with Crippen LogP contribution in [0, 0.1) is 0 Å². The van der Waals surface area contributed by atoms with Gasteiger partial charge in [-0.1, -0.05) is 6.07 Å². The van der Waals surface area contributed by atoms with Crippen molar-refractivity contribution in [3.63, 3.8) is 0 Å². The highest BCUT2D eigenvalue weighted by Crippen LogP contribution is 2.24. The fourth-order valence-electron chi connectivity index (χ4n) is 4.27. The highest BCUT2D eigenvalue weighted by Gasteiger charge is 2.32. The van der Waals surface area contributed by atoms with Crippen LogP contribution in [-0.4, -0.2) is 68.8 Å². The molecular formula is C34H45N3O10. The van der Waals surface area contributed by atoms with Gasteiger partial charge in [0.2, 0.25) is 0 Å². The van der Waals surface area contributed by atoms with Gasteiger partial charge in [-0.2, -0.15) is 4.99 Å². The maximum atomic E-state index is 13.6. The summed E-state index contributed by atoms with van der Waals surface area (Å²) in [7, 11) is 0. The van der Waals surface area contributed by atoms with Crippen molar-refractivity contribution in [3.8, 4) is 5.75 Å². The Hall–Kier alpha value is -4.94. The molecule has 0 bridgehead atoms. The lowest BCUT2D eigenvalue weighted by Crippen LogP contribution is -2.46. The number of nitrogens with zero attached hydrogens (tertiary/aromatic N) is 1. The molecule has 0 aliphatic heterocycles. The number of carboxylic acids is 1. The van der Waals surface area contributed by atoms with Crippen molar-refractivity contribution in [1.29, 1.82) is 0 Å². The smallest absolute Gasteiger partial charge is 0.436 e. The van der Waals surface area contributed by atoms with Crippen LogP contribution in [0.3, 0.4) is 0 Å². The topological polar surface area (TPSA) is 204 Å². The maximum absolute atomic E-state index is 13.6. The Kier molecular flexibility index (Phi) is 12.3. The number of ether oxygens (including phenoxy) is 3. The zero-order chi connectivity index (χ0) is 35.9. The molecule has 2 aromatic carbocycles. The molecule has 5 N–H and O–H groups in total. The second-order valence-corrected chi connectivity index (χ2v) is 13.8. The molecule has 0 saturated carbocycles. The van der Waals surface area contributed by atoms with E-state index in [9.17, 15) is 34.2 Å². The molecule has 47 heavy (non-hydrogen) atoms. The Bertz CT molecular complexity index is 1540. The van der Waals surface area contributed by atoms with Crippen molar-refractivity contribution in [1.82, 2.24) is 5.32 Å². The SMILES string of the molecule is CC(C)(C)OC(=O)CC(NC(=O)c1cccc(C(=O)O)c1CCc1cc(C(N)=NC(=O)OC(C)(C)C)ccc1O)C(=O)OC(C)(C)C. The highest BCUT2D eigenvalue weighted by atomic mass is 16.6. The quantitative estimate of drug-likeness (QED) is 0.120. The number of phenolic OH excluding ortho intramolecular Hbond substituents is 1. The summed E-state index contributed by atoms with van der Waals surface area (Å²) < 4.78 is 15.9. The number of benzene rings is 2. The first-order chi connectivity index (χ1) is 21.5. The van der Waals surface area contributed by atoms with Crippen LogP contribution >= 0.6 is 0 Å². The number of hydrogen-bond donors (Lipinski definition) is 4. The number of hydrogen-bond acceptors (Lipinski definition) is 9. The molecule has 1 unspecified atom stereocenters. The number of amides is 2. The monoisotopic (exact) mass is 655 g/mol. The molecule has 0 saturated heterocycles. The van der Waals surface area contributed by atoms with E-state index in [2.05, 4.69) is 10.3 Å². The zero-order valence-electron chi connectivity index (χ0n) is 28.3. The third kappa shape index (κ3) is 12.8. The second-order valence-electron chi connectivity index (χ2n) is 13.8. The summed E-state index contributed by atoms with van der Waals surface area (Å²) in [6.45, 7) is 14.9. The maximum Gasteiger partial charge on any atom is 0.436 e. The fraction of sp³-hybridized carbons (Fsp3) is 0.471. The fourth-order valence-corrected chi connectivity index (χ4v) is 4.27. The van der Waals surface area contributed by atoms with Gasteiger partial charge in [0.15, 0.2) is 0 Å². The molecule has 0 aliphatic rings. The molecule has 0 spiro atoms. The summed E-state index contributed by atoms with van der Waals surface area (Å²) in [5.41, 5.74) is 3.94. The van der Waals surface area contributed by atoms with E-state index in [4.69, 9.17) is 19.9 Å². The molecule has 0 heterocycles. The van der Waals surface area contributed by atoms with E-state index in [0.717, 1.165) is 0 Å². The first kappa shape index (κ1) is 38.2. The number of rotatable bonds is 10. The van der Waals surface area contributed by atoms with Gasteiger partial charge < -0.3 is 35.5 Å². The summed E-state index contributed by atoms with van der Waals surface area (Å²) in [5, 5.41) is 23.0. The normalized spacial score (nSPS) is 12.9. The number of carbonyl (C=O) groups is 5. The number of phenols is 1. The minimum Gasteiger partial charge on any atom is -0.508 e. The first-order valence-corrected chi connectivity index (χ1v) is 15.0. The number of esters is 2. The van der Waals surface area contributed by atoms with E-state index >= 15 is 0 Å². The number of nitrogens with two attached hydrogens (primary N) is 1. The average molecular weight is 656 g/mol. The predicted molar refractivity (Wildman–Crippen MR) is 173 cm³/mol. The van der Waals surface area contributed by atoms with Gasteiger partial charge >= 0.3 is 24.0 Å². The summed E-state index contributed by atoms with van der Waals surface area (Å²) >= 11 is 0. The molecule has 13 heteroatoms. The van der Waals surface area contributed by atoms with Crippen LogP contribution < -0.4 is 11.1 Å². The van der Waals surface area contributed by atoms with Gasteiger partial charge in [-0.05, 0) is 117 Å². The van der Waals surface area contributed by atoms with E-state index in [0.29, 0.717) is 11.1 Å². The van der Waals surface area contributed by atoms with E-state index in [1.165, 1.54) is 36.4 Å². The number of carbonyl (C=O) groups excluding carboxylic acids is 4.